The molecule has 0 radical (unpaired) electrons. The number of nitrogens with zero attached hydrogens (tertiary/aromatic N) is 2. The fraction of sp³-hybridized carbons (Fsp3) is 0.354. The number of rotatable bonds is 7. The Kier molecular flexibility index (Phi) is 9.21. The summed E-state index contributed by atoms with van der Waals surface area (Å²) in [5.74, 6) is 2.79. The molecule has 0 unspecified atom stereocenters. The van der Waals surface area contributed by atoms with Gasteiger partial charge < -0.3 is 5.11 Å². The van der Waals surface area contributed by atoms with Gasteiger partial charge in [-0.05, 0) is 103 Å². The minimum Gasteiger partial charge on any atom is -0.507 e. The standard InChI is InChI=1S/C48H54N2O/c1-30(2)37-17-13-18-38(31(3)4)45(37)50-43-22-11-10-21-42(43)49(9)47(50)44-32(5)23-24-39(33(44)6)41-20-14-19-40(46(41)51)36-16-12-15-35(29-36)34-25-27-48(7,8)28-26-34/h10-24,29-31,34H,25-28H2,1-9H3/p+1. The Morgan fingerprint density at radius 3 is 2.04 bits per heavy atom. The number of benzene rings is 5. The number of aromatic nitrogens is 2. The number of imidazole rings is 1. The van der Waals surface area contributed by atoms with Crippen molar-refractivity contribution in [1.82, 2.24) is 4.57 Å². The highest BCUT2D eigenvalue weighted by Crippen LogP contribution is 2.46. The largest absolute Gasteiger partial charge is 0.507 e. The summed E-state index contributed by atoms with van der Waals surface area (Å²) in [5, 5.41) is 12.1. The summed E-state index contributed by atoms with van der Waals surface area (Å²) in [4.78, 5) is 0. The van der Waals surface area contributed by atoms with Gasteiger partial charge in [-0.15, -0.1) is 0 Å². The van der Waals surface area contributed by atoms with Crippen LogP contribution in [0.4, 0.5) is 0 Å². The molecule has 0 spiro atoms. The molecule has 1 aliphatic rings. The van der Waals surface area contributed by atoms with E-state index in [9.17, 15) is 5.11 Å². The van der Waals surface area contributed by atoms with E-state index in [-0.39, 0.29) is 0 Å². The molecule has 262 valence electrons. The average molecular weight is 676 g/mol. The molecule has 1 fully saturated rings. The Morgan fingerprint density at radius 2 is 1.35 bits per heavy atom. The first-order chi connectivity index (χ1) is 24.4. The van der Waals surface area contributed by atoms with Gasteiger partial charge in [0.2, 0.25) is 0 Å². The molecule has 7 rings (SSSR count). The summed E-state index contributed by atoms with van der Waals surface area (Å²) < 4.78 is 4.89. The Bertz CT molecular complexity index is 2210. The van der Waals surface area contributed by atoms with Crippen LogP contribution in [0.2, 0.25) is 0 Å². The van der Waals surface area contributed by atoms with Gasteiger partial charge in [0.05, 0.1) is 12.6 Å². The normalized spacial score (nSPS) is 15.0. The van der Waals surface area contributed by atoms with Gasteiger partial charge in [0.25, 0.3) is 5.82 Å². The fourth-order valence-corrected chi connectivity index (χ4v) is 8.76. The first-order valence-electron chi connectivity index (χ1n) is 19.0. The number of hydrogen-bond donors (Lipinski definition) is 1. The predicted octanol–water partition coefficient (Wildman–Crippen LogP) is 12.7. The summed E-state index contributed by atoms with van der Waals surface area (Å²) in [6, 6.07) is 35.2. The number of phenolic OH excluding ortho intramolecular Hbond substituents is 1. The molecule has 51 heavy (non-hydrogen) atoms. The van der Waals surface area contributed by atoms with Gasteiger partial charge in [-0.25, -0.2) is 4.57 Å². The maximum Gasteiger partial charge on any atom is 0.295 e. The van der Waals surface area contributed by atoms with Gasteiger partial charge in [0.1, 0.15) is 11.4 Å². The van der Waals surface area contributed by atoms with E-state index < -0.39 is 0 Å². The van der Waals surface area contributed by atoms with E-state index in [0.717, 1.165) is 33.6 Å². The molecule has 1 saturated carbocycles. The molecule has 1 N–H and O–H groups in total. The highest BCUT2D eigenvalue weighted by Gasteiger charge is 2.33. The first kappa shape index (κ1) is 34.8. The lowest BCUT2D eigenvalue weighted by Crippen LogP contribution is -2.31. The first-order valence-corrected chi connectivity index (χ1v) is 19.0. The van der Waals surface area contributed by atoms with E-state index in [2.05, 4.69) is 169 Å². The minimum absolute atomic E-state index is 0.342. The van der Waals surface area contributed by atoms with Gasteiger partial charge in [0, 0.05) is 22.3 Å². The quantitative estimate of drug-likeness (QED) is 0.168. The second-order valence-corrected chi connectivity index (χ2v) is 16.5. The third-order valence-corrected chi connectivity index (χ3v) is 11.8. The van der Waals surface area contributed by atoms with Crippen molar-refractivity contribution in [3.63, 3.8) is 0 Å². The molecule has 0 amide bonds. The number of aromatic hydroxyl groups is 1. The lowest BCUT2D eigenvalue weighted by atomic mass is 9.71. The third-order valence-electron chi connectivity index (χ3n) is 11.8. The topological polar surface area (TPSA) is 29.0 Å². The van der Waals surface area contributed by atoms with Crippen LogP contribution in [-0.4, -0.2) is 9.67 Å². The second kappa shape index (κ2) is 13.5. The van der Waals surface area contributed by atoms with Crippen molar-refractivity contribution < 1.29 is 9.67 Å². The van der Waals surface area contributed by atoms with Gasteiger partial charge >= 0.3 is 0 Å². The summed E-state index contributed by atoms with van der Waals surface area (Å²) in [7, 11) is 2.20. The Morgan fingerprint density at radius 1 is 0.725 bits per heavy atom. The molecule has 3 heteroatoms. The van der Waals surface area contributed by atoms with Crippen molar-refractivity contribution >= 4 is 11.0 Å². The number of aryl methyl sites for hydroxylation is 2. The van der Waals surface area contributed by atoms with Crippen molar-refractivity contribution in [2.24, 2.45) is 12.5 Å². The zero-order valence-electron chi connectivity index (χ0n) is 32.1. The lowest BCUT2D eigenvalue weighted by molar-refractivity contribution is -0.633. The van der Waals surface area contributed by atoms with Gasteiger partial charge in [-0.3, -0.25) is 0 Å². The van der Waals surface area contributed by atoms with E-state index in [1.165, 1.54) is 70.2 Å². The summed E-state index contributed by atoms with van der Waals surface area (Å²) in [5.41, 5.74) is 15.7. The van der Waals surface area contributed by atoms with Crippen LogP contribution in [0.5, 0.6) is 5.75 Å². The molecular formula is C48H55N2O+. The molecule has 6 aromatic rings. The predicted molar refractivity (Wildman–Crippen MR) is 215 cm³/mol. The number of hydrogen-bond acceptors (Lipinski definition) is 1. The summed E-state index contributed by atoms with van der Waals surface area (Å²) >= 11 is 0. The Labute approximate surface area is 305 Å². The molecule has 3 nitrogen and oxygen atoms in total. The van der Waals surface area contributed by atoms with Crippen LogP contribution in [0, 0.1) is 19.3 Å². The minimum atomic E-state index is 0.342. The van der Waals surface area contributed by atoms with Gasteiger partial charge in [0.15, 0.2) is 11.0 Å². The molecule has 1 aromatic heterocycles. The third kappa shape index (κ3) is 6.19. The Balaban J connectivity index is 1.41. The fourth-order valence-electron chi connectivity index (χ4n) is 8.76. The Hall–Kier alpha value is -4.63. The second-order valence-electron chi connectivity index (χ2n) is 16.5. The van der Waals surface area contributed by atoms with Crippen LogP contribution in [0.15, 0.2) is 97.1 Å². The average Bonchev–Trinajstić information content (AvgIpc) is 3.39. The number of para-hydroxylation sites is 4. The molecule has 0 aliphatic heterocycles. The van der Waals surface area contributed by atoms with Crippen LogP contribution in [-0.2, 0) is 7.05 Å². The van der Waals surface area contributed by atoms with E-state index >= 15 is 0 Å². The summed E-state index contributed by atoms with van der Waals surface area (Å²) in [6.45, 7) is 18.4. The number of phenols is 1. The molecule has 0 atom stereocenters. The van der Waals surface area contributed by atoms with E-state index in [1.54, 1.807) is 0 Å². The lowest BCUT2D eigenvalue weighted by Gasteiger charge is -2.34. The maximum atomic E-state index is 12.1. The van der Waals surface area contributed by atoms with Crippen molar-refractivity contribution in [2.75, 3.05) is 0 Å². The van der Waals surface area contributed by atoms with Crippen molar-refractivity contribution in [3.05, 3.63) is 125 Å². The molecule has 5 aromatic carbocycles. The van der Waals surface area contributed by atoms with Crippen LogP contribution < -0.4 is 4.57 Å². The molecular weight excluding hydrogens is 621 g/mol. The van der Waals surface area contributed by atoms with E-state index in [0.29, 0.717) is 28.9 Å². The van der Waals surface area contributed by atoms with Crippen molar-refractivity contribution in [3.8, 4) is 45.1 Å². The molecule has 0 saturated heterocycles. The van der Waals surface area contributed by atoms with Crippen molar-refractivity contribution in [1.29, 1.82) is 0 Å². The highest BCUT2D eigenvalue weighted by molar-refractivity contribution is 5.88. The molecule has 0 bridgehead atoms. The zero-order valence-corrected chi connectivity index (χ0v) is 32.1. The zero-order chi connectivity index (χ0) is 36.2. The van der Waals surface area contributed by atoms with Gasteiger partial charge in [-0.1, -0.05) is 126 Å². The van der Waals surface area contributed by atoms with Crippen LogP contribution in [0.25, 0.3) is 50.4 Å². The van der Waals surface area contributed by atoms with Gasteiger partial charge in [-0.2, -0.15) is 4.57 Å². The van der Waals surface area contributed by atoms with Crippen molar-refractivity contribution in [2.45, 2.75) is 98.8 Å². The molecule has 1 heterocycles. The monoisotopic (exact) mass is 675 g/mol. The van der Waals surface area contributed by atoms with Crippen LogP contribution in [0.1, 0.15) is 113 Å². The van der Waals surface area contributed by atoms with Crippen LogP contribution in [0.3, 0.4) is 0 Å². The SMILES string of the molecule is Cc1ccc(-c2cccc(-c3cccc(C4CCC(C)(C)CC4)c3)c2O)c(C)c1-c1n(-c2c(C(C)C)cccc2C(C)C)c2ccccc2[n+]1C. The van der Waals surface area contributed by atoms with E-state index in [4.69, 9.17) is 0 Å². The highest BCUT2D eigenvalue weighted by atomic mass is 16.3. The summed E-state index contributed by atoms with van der Waals surface area (Å²) in [6.07, 6.45) is 4.97. The molecule has 1 aliphatic carbocycles. The smallest absolute Gasteiger partial charge is 0.295 e. The number of fused-ring (bicyclic) bond motifs is 1. The van der Waals surface area contributed by atoms with E-state index in [1.807, 2.05) is 0 Å². The maximum absolute atomic E-state index is 12.1. The van der Waals surface area contributed by atoms with Crippen LogP contribution >= 0.6 is 0 Å².